The molecule has 3 nitrogen and oxygen atoms in total. The Bertz CT molecular complexity index is 357. The van der Waals surface area contributed by atoms with Gasteiger partial charge in [-0.05, 0) is 68.1 Å². The summed E-state index contributed by atoms with van der Waals surface area (Å²) in [4.78, 5) is 14.7. The van der Waals surface area contributed by atoms with E-state index in [2.05, 4.69) is 0 Å². The zero-order valence-electron chi connectivity index (χ0n) is 11.8. The van der Waals surface area contributed by atoms with Crippen molar-refractivity contribution in [1.82, 2.24) is 4.90 Å². The number of likely N-dealkylation sites (tertiary alicyclic amines) is 1. The molecule has 0 aromatic heterocycles. The summed E-state index contributed by atoms with van der Waals surface area (Å²) >= 11 is 0. The van der Waals surface area contributed by atoms with Crippen LogP contribution in [0.15, 0.2) is 0 Å². The third-order valence-corrected chi connectivity index (χ3v) is 6.52. The van der Waals surface area contributed by atoms with Crippen LogP contribution in [0.2, 0.25) is 0 Å². The molecule has 0 radical (unpaired) electrons. The van der Waals surface area contributed by atoms with Crippen LogP contribution in [0.3, 0.4) is 0 Å². The van der Waals surface area contributed by atoms with Gasteiger partial charge >= 0.3 is 0 Å². The van der Waals surface area contributed by atoms with Crippen LogP contribution in [0.25, 0.3) is 0 Å². The predicted molar refractivity (Wildman–Crippen MR) is 74.3 cm³/mol. The molecular formula is C16H26N2O. The molecule has 0 aromatic carbocycles. The lowest BCUT2D eigenvalue weighted by molar-refractivity contribution is -0.143. The highest BCUT2D eigenvalue weighted by Gasteiger charge is 2.57. The Kier molecular flexibility index (Phi) is 2.70. The number of rotatable bonds is 3. The molecule has 4 bridgehead atoms. The molecule has 106 valence electrons. The molecule has 4 aliphatic carbocycles. The molecule has 1 saturated heterocycles. The van der Waals surface area contributed by atoms with Crippen molar-refractivity contribution in [1.29, 1.82) is 0 Å². The van der Waals surface area contributed by atoms with Crippen molar-refractivity contribution in [2.75, 3.05) is 19.6 Å². The van der Waals surface area contributed by atoms with Crippen molar-refractivity contribution < 1.29 is 4.79 Å². The molecule has 1 amide bonds. The highest BCUT2D eigenvalue weighted by atomic mass is 16.2. The summed E-state index contributed by atoms with van der Waals surface area (Å²) in [6.45, 7) is 2.34. The Morgan fingerprint density at radius 1 is 1.11 bits per heavy atom. The molecule has 4 saturated carbocycles. The molecule has 0 aromatic rings. The molecule has 2 N–H and O–H groups in total. The van der Waals surface area contributed by atoms with Crippen molar-refractivity contribution >= 4 is 5.91 Å². The number of carbonyl (C=O) groups excluding carboxylic acids is 1. The minimum atomic E-state index is 0.340. The summed E-state index contributed by atoms with van der Waals surface area (Å²) in [7, 11) is 0. The summed E-state index contributed by atoms with van der Waals surface area (Å²) in [5, 5.41) is 0. The number of nitrogens with two attached hydrogens (primary N) is 1. The van der Waals surface area contributed by atoms with E-state index in [-0.39, 0.29) is 0 Å². The van der Waals surface area contributed by atoms with Gasteiger partial charge in [-0.15, -0.1) is 0 Å². The number of carbonyl (C=O) groups is 1. The molecule has 1 heterocycles. The quantitative estimate of drug-likeness (QED) is 0.845. The van der Waals surface area contributed by atoms with Crippen molar-refractivity contribution in [3.05, 3.63) is 0 Å². The summed E-state index contributed by atoms with van der Waals surface area (Å²) in [5.41, 5.74) is 6.03. The Morgan fingerprint density at radius 3 is 2.21 bits per heavy atom. The van der Waals surface area contributed by atoms with E-state index in [0.717, 1.165) is 37.3 Å². The maximum Gasteiger partial charge on any atom is 0.226 e. The van der Waals surface area contributed by atoms with Crippen LogP contribution in [0.4, 0.5) is 0 Å². The number of amides is 1. The first-order chi connectivity index (χ1) is 9.20. The van der Waals surface area contributed by atoms with E-state index in [1.807, 2.05) is 4.90 Å². The smallest absolute Gasteiger partial charge is 0.226 e. The lowest BCUT2D eigenvalue weighted by Crippen LogP contribution is -2.51. The zero-order valence-corrected chi connectivity index (χ0v) is 11.8. The summed E-state index contributed by atoms with van der Waals surface area (Å²) in [6.07, 6.45) is 9.56. The van der Waals surface area contributed by atoms with Crippen LogP contribution < -0.4 is 5.73 Å². The van der Waals surface area contributed by atoms with Gasteiger partial charge in [0.15, 0.2) is 0 Å². The van der Waals surface area contributed by atoms with E-state index in [4.69, 9.17) is 5.73 Å². The second-order valence-corrected chi connectivity index (χ2v) is 7.74. The van der Waals surface area contributed by atoms with Gasteiger partial charge in [-0.25, -0.2) is 0 Å². The molecule has 19 heavy (non-hydrogen) atoms. The fourth-order valence-corrected chi connectivity index (χ4v) is 6.29. The maximum atomic E-state index is 12.7. The molecule has 1 atom stereocenters. The Labute approximate surface area is 115 Å². The van der Waals surface area contributed by atoms with Crippen LogP contribution in [-0.2, 0) is 4.79 Å². The van der Waals surface area contributed by atoms with Gasteiger partial charge in [-0.1, -0.05) is 0 Å². The van der Waals surface area contributed by atoms with Gasteiger partial charge in [-0.2, -0.15) is 0 Å². The largest absolute Gasteiger partial charge is 0.341 e. The first-order valence-electron chi connectivity index (χ1n) is 8.19. The molecular weight excluding hydrogens is 236 g/mol. The van der Waals surface area contributed by atoms with Gasteiger partial charge in [0, 0.05) is 25.6 Å². The van der Waals surface area contributed by atoms with E-state index in [0.29, 0.717) is 23.8 Å². The number of hydrogen-bond donors (Lipinski definition) is 1. The number of hydrogen-bond acceptors (Lipinski definition) is 2. The first-order valence-corrected chi connectivity index (χ1v) is 8.19. The summed E-state index contributed by atoms with van der Waals surface area (Å²) in [5.74, 6) is 3.62. The maximum absolute atomic E-state index is 12.7. The lowest BCUT2D eigenvalue weighted by Gasteiger charge is -2.58. The minimum absolute atomic E-state index is 0.340. The monoisotopic (exact) mass is 262 g/mol. The van der Waals surface area contributed by atoms with Gasteiger partial charge in [0.25, 0.3) is 0 Å². The van der Waals surface area contributed by atoms with Crippen LogP contribution in [0.5, 0.6) is 0 Å². The molecule has 1 unspecified atom stereocenters. The number of nitrogens with zero attached hydrogens (tertiary/aromatic N) is 1. The molecule has 1 aliphatic heterocycles. The molecule has 5 aliphatic rings. The van der Waals surface area contributed by atoms with Crippen LogP contribution >= 0.6 is 0 Å². The topological polar surface area (TPSA) is 46.3 Å². The minimum Gasteiger partial charge on any atom is -0.341 e. The molecule has 3 heteroatoms. The average molecular weight is 262 g/mol. The van der Waals surface area contributed by atoms with Crippen molar-refractivity contribution in [3.63, 3.8) is 0 Å². The third kappa shape index (κ3) is 1.77. The Balaban J connectivity index is 1.57. The Hall–Kier alpha value is -0.570. The van der Waals surface area contributed by atoms with E-state index in [9.17, 15) is 4.79 Å². The van der Waals surface area contributed by atoms with E-state index >= 15 is 0 Å². The first kappa shape index (κ1) is 12.2. The molecule has 0 spiro atoms. The van der Waals surface area contributed by atoms with Gasteiger partial charge in [0.1, 0.15) is 0 Å². The van der Waals surface area contributed by atoms with E-state index < -0.39 is 0 Å². The Morgan fingerprint density at radius 2 is 1.68 bits per heavy atom. The standard InChI is InChI=1S/C16H26N2O/c17-2-4-18-3-1-14(15(18)19)16-8-11-5-12(9-16)7-13(6-11)10-16/h11-14H,1-10,17H2. The van der Waals surface area contributed by atoms with E-state index in [1.165, 1.54) is 38.5 Å². The molecule has 5 rings (SSSR count). The fraction of sp³-hybridized carbons (Fsp3) is 0.938. The summed E-state index contributed by atoms with van der Waals surface area (Å²) < 4.78 is 0. The second kappa shape index (κ2) is 4.21. The fourth-order valence-electron chi connectivity index (χ4n) is 6.29. The predicted octanol–water partition coefficient (Wildman–Crippen LogP) is 2.01. The van der Waals surface area contributed by atoms with Crippen LogP contribution in [0, 0.1) is 29.1 Å². The second-order valence-electron chi connectivity index (χ2n) is 7.74. The van der Waals surface area contributed by atoms with Crippen LogP contribution in [0.1, 0.15) is 44.9 Å². The highest BCUT2D eigenvalue weighted by molar-refractivity contribution is 5.81. The van der Waals surface area contributed by atoms with Gasteiger partial charge in [0.05, 0.1) is 0 Å². The van der Waals surface area contributed by atoms with E-state index in [1.54, 1.807) is 0 Å². The van der Waals surface area contributed by atoms with Crippen molar-refractivity contribution in [3.8, 4) is 0 Å². The van der Waals surface area contributed by atoms with Gasteiger partial charge < -0.3 is 10.6 Å². The normalized spacial score (nSPS) is 48.3. The van der Waals surface area contributed by atoms with Gasteiger partial charge in [0.2, 0.25) is 5.91 Å². The highest BCUT2D eigenvalue weighted by Crippen LogP contribution is 2.63. The third-order valence-electron chi connectivity index (χ3n) is 6.52. The van der Waals surface area contributed by atoms with Crippen molar-refractivity contribution in [2.24, 2.45) is 34.8 Å². The summed E-state index contributed by atoms with van der Waals surface area (Å²) in [6, 6.07) is 0. The van der Waals surface area contributed by atoms with Crippen LogP contribution in [-0.4, -0.2) is 30.4 Å². The average Bonchev–Trinajstić information content (AvgIpc) is 2.70. The van der Waals surface area contributed by atoms with Crippen molar-refractivity contribution in [2.45, 2.75) is 44.9 Å². The lowest BCUT2D eigenvalue weighted by atomic mass is 9.46. The molecule has 5 fully saturated rings. The zero-order chi connectivity index (χ0) is 13.0. The van der Waals surface area contributed by atoms with Gasteiger partial charge in [-0.3, -0.25) is 4.79 Å². The SMILES string of the molecule is NCCN1CCC(C23CC4CC(CC(C4)C2)C3)C1=O.